The predicted octanol–water partition coefficient (Wildman–Crippen LogP) is 5.68. The predicted molar refractivity (Wildman–Crippen MR) is 126 cm³/mol. The summed E-state index contributed by atoms with van der Waals surface area (Å²) in [4.78, 5) is 26.0. The van der Waals surface area contributed by atoms with Crippen LogP contribution in [0.2, 0.25) is 5.02 Å². The smallest absolute Gasteiger partial charge is 0.367 e. The third kappa shape index (κ3) is 5.67. The Hall–Kier alpha value is -3.76. The third-order valence-electron chi connectivity index (χ3n) is 5.55. The Morgan fingerprint density at radius 3 is 2.29 bits per heavy atom. The Labute approximate surface area is 203 Å². The maximum atomic E-state index is 13.0. The van der Waals surface area contributed by atoms with Gasteiger partial charge in [0, 0.05) is 35.7 Å². The number of carbonyl (C=O) groups is 2. The molecule has 3 amide bonds. The molecule has 1 aliphatic rings. The summed E-state index contributed by atoms with van der Waals surface area (Å²) in [7, 11) is 0. The van der Waals surface area contributed by atoms with Crippen LogP contribution in [0, 0.1) is 0 Å². The molecule has 7 nitrogen and oxygen atoms in total. The van der Waals surface area contributed by atoms with Crippen LogP contribution in [0.1, 0.15) is 27.0 Å². The van der Waals surface area contributed by atoms with E-state index in [1.807, 2.05) is 24.3 Å². The van der Waals surface area contributed by atoms with Gasteiger partial charge in [-0.15, -0.1) is 0 Å². The van der Waals surface area contributed by atoms with Gasteiger partial charge in [0.05, 0.1) is 10.6 Å². The first-order valence-corrected chi connectivity index (χ1v) is 10.9. The van der Waals surface area contributed by atoms with Crippen molar-refractivity contribution in [2.45, 2.75) is 19.1 Å². The second-order valence-electron chi connectivity index (χ2n) is 7.92. The van der Waals surface area contributed by atoms with Gasteiger partial charge in [-0.05, 0) is 66.1 Å². The van der Waals surface area contributed by atoms with Crippen molar-refractivity contribution in [3.05, 3.63) is 87.9 Å². The molecule has 0 fully saturated rings. The fourth-order valence-corrected chi connectivity index (χ4v) is 4.10. The fraction of sp³-hybridized carbons (Fsp3) is 0.167. The highest BCUT2D eigenvalue weighted by molar-refractivity contribution is 6.31. The molecule has 0 aliphatic carbocycles. The number of hydrogen-bond donors (Lipinski definition) is 4. The number of hydrogen-bond acceptors (Lipinski definition) is 4. The summed E-state index contributed by atoms with van der Waals surface area (Å²) in [6.07, 6.45) is -3.88. The highest BCUT2D eigenvalue weighted by Crippen LogP contribution is 2.36. The zero-order chi connectivity index (χ0) is 25.2. The van der Waals surface area contributed by atoms with Crippen molar-refractivity contribution in [2.24, 2.45) is 0 Å². The molecule has 0 saturated heterocycles. The van der Waals surface area contributed by atoms with Crippen LogP contribution < -0.4 is 21.0 Å². The van der Waals surface area contributed by atoms with Crippen molar-refractivity contribution in [3.8, 4) is 0 Å². The molecule has 3 aromatic rings. The molecule has 11 heteroatoms. The Kier molecular flexibility index (Phi) is 6.86. The standard InChI is InChI=1S/C24H20ClF3N4O3/c25-20-7-5-18(12-19(20)24(26,27)28)30-23(34)29-17-6-8-21-16(11-17)9-10-32(21)13-14-1-3-15(4-2-14)22(33)31-35/h1-8,11-12,35H,9-10,13H2,(H,31,33)(H2,29,30,34). The van der Waals surface area contributed by atoms with E-state index in [4.69, 9.17) is 16.8 Å². The van der Waals surface area contributed by atoms with Crippen LogP contribution in [0.25, 0.3) is 0 Å². The van der Waals surface area contributed by atoms with E-state index in [2.05, 4.69) is 15.5 Å². The summed E-state index contributed by atoms with van der Waals surface area (Å²) in [5, 5.41) is 13.3. The molecule has 1 aliphatic heterocycles. The van der Waals surface area contributed by atoms with E-state index in [0.717, 1.165) is 41.9 Å². The Morgan fingerprint density at radius 1 is 0.971 bits per heavy atom. The largest absolute Gasteiger partial charge is 0.417 e. The van der Waals surface area contributed by atoms with Gasteiger partial charge in [-0.25, -0.2) is 10.3 Å². The Morgan fingerprint density at radius 2 is 1.63 bits per heavy atom. The van der Waals surface area contributed by atoms with E-state index < -0.39 is 28.7 Å². The Bertz CT molecular complexity index is 1270. The third-order valence-corrected chi connectivity index (χ3v) is 5.88. The molecule has 0 atom stereocenters. The lowest BCUT2D eigenvalue weighted by molar-refractivity contribution is -0.137. The lowest BCUT2D eigenvalue weighted by Gasteiger charge is -2.20. The van der Waals surface area contributed by atoms with Gasteiger partial charge >= 0.3 is 12.2 Å². The van der Waals surface area contributed by atoms with E-state index in [0.29, 0.717) is 17.8 Å². The van der Waals surface area contributed by atoms with Gasteiger partial charge in [-0.3, -0.25) is 10.0 Å². The molecule has 1 heterocycles. The van der Waals surface area contributed by atoms with E-state index in [1.54, 1.807) is 23.7 Å². The number of alkyl halides is 3. The average Bonchev–Trinajstić information content (AvgIpc) is 3.21. The summed E-state index contributed by atoms with van der Waals surface area (Å²) in [5.74, 6) is -0.580. The molecule has 0 bridgehead atoms. The van der Waals surface area contributed by atoms with Crippen molar-refractivity contribution in [1.29, 1.82) is 0 Å². The number of hydroxylamine groups is 1. The summed E-state index contributed by atoms with van der Waals surface area (Å²) in [5.41, 5.74) is 4.39. The molecule has 4 rings (SSSR count). The number of nitrogens with zero attached hydrogens (tertiary/aromatic N) is 1. The first-order valence-electron chi connectivity index (χ1n) is 10.5. The number of benzene rings is 3. The summed E-state index contributed by atoms with van der Waals surface area (Å²) < 4.78 is 39.1. The average molecular weight is 505 g/mol. The number of urea groups is 1. The minimum Gasteiger partial charge on any atom is -0.367 e. The number of rotatable bonds is 5. The van der Waals surface area contributed by atoms with Gasteiger partial charge in [-0.2, -0.15) is 13.2 Å². The van der Waals surface area contributed by atoms with E-state index >= 15 is 0 Å². The zero-order valence-corrected chi connectivity index (χ0v) is 18.9. The van der Waals surface area contributed by atoms with E-state index in [1.165, 1.54) is 6.07 Å². The number of nitrogens with one attached hydrogen (secondary N) is 3. The van der Waals surface area contributed by atoms with E-state index in [-0.39, 0.29) is 5.69 Å². The van der Waals surface area contributed by atoms with Crippen LogP contribution in [-0.2, 0) is 19.1 Å². The van der Waals surface area contributed by atoms with Gasteiger partial charge in [-0.1, -0.05) is 23.7 Å². The summed E-state index contributed by atoms with van der Waals surface area (Å²) in [6.45, 7) is 1.37. The topological polar surface area (TPSA) is 93.7 Å². The molecular weight excluding hydrogens is 485 g/mol. The zero-order valence-electron chi connectivity index (χ0n) is 18.1. The van der Waals surface area contributed by atoms with Crippen molar-refractivity contribution in [3.63, 3.8) is 0 Å². The molecule has 0 radical (unpaired) electrons. The monoisotopic (exact) mass is 504 g/mol. The number of halogens is 4. The van der Waals surface area contributed by atoms with Crippen molar-refractivity contribution in [1.82, 2.24) is 5.48 Å². The molecule has 0 saturated carbocycles. The minimum absolute atomic E-state index is 0.0333. The quantitative estimate of drug-likeness (QED) is 0.265. The normalized spacial score (nSPS) is 12.8. The second kappa shape index (κ2) is 9.85. The first-order chi connectivity index (χ1) is 16.6. The van der Waals surface area contributed by atoms with Crippen molar-refractivity contribution in [2.75, 3.05) is 22.1 Å². The molecule has 35 heavy (non-hydrogen) atoms. The van der Waals surface area contributed by atoms with Crippen LogP contribution >= 0.6 is 11.6 Å². The fourth-order valence-electron chi connectivity index (χ4n) is 3.87. The lowest BCUT2D eigenvalue weighted by atomic mass is 10.1. The maximum Gasteiger partial charge on any atom is 0.417 e. The van der Waals surface area contributed by atoms with Gasteiger partial charge in [0.15, 0.2) is 0 Å². The molecule has 3 aromatic carbocycles. The molecule has 182 valence electrons. The number of amides is 3. The number of anilines is 3. The van der Waals surface area contributed by atoms with Crippen LogP contribution in [0.4, 0.5) is 35.0 Å². The summed E-state index contributed by atoms with van der Waals surface area (Å²) in [6, 6.07) is 14.8. The van der Waals surface area contributed by atoms with Gasteiger partial charge < -0.3 is 15.5 Å². The molecule has 4 N–H and O–H groups in total. The minimum atomic E-state index is -4.63. The molecule has 0 unspecified atom stereocenters. The molecule has 0 aromatic heterocycles. The van der Waals surface area contributed by atoms with Crippen LogP contribution in [-0.4, -0.2) is 23.7 Å². The highest BCUT2D eigenvalue weighted by Gasteiger charge is 2.33. The highest BCUT2D eigenvalue weighted by atomic mass is 35.5. The van der Waals surface area contributed by atoms with Crippen molar-refractivity contribution >= 4 is 40.6 Å². The number of carbonyl (C=O) groups excluding carboxylic acids is 2. The van der Waals surface area contributed by atoms with Gasteiger partial charge in [0.2, 0.25) is 0 Å². The Balaban J connectivity index is 1.40. The summed E-state index contributed by atoms with van der Waals surface area (Å²) >= 11 is 5.61. The van der Waals surface area contributed by atoms with Crippen LogP contribution in [0.3, 0.4) is 0 Å². The molecule has 0 spiro atoms. The SMILES string of the molecule is O=C(Nc1ccc2c(c1)CCN2Cc1ccc(C(=O)NO)cc1)Nc1ccc(Cl)c(C(F)(F)F)c1. The number of fused-ring (bicyclic) bond motifs is 1. The lowest BCUT2D eigenvalue weighted by Crippen LogP contribution is -2.21. The van der Waals surface area contributed by atoms with Crippen LogP contribution in [0.15, 0.2) is 60.7 Å². The van der Waals surface area contributed by atoms with Crippen molar-refractivity contribution < 1.29 is 28.0 Å². The maximum absolute atomic E-state index is 13.0. The second-order valence-corrected chi connectivity index (χ2v) is 8.33. The van der Waals surface area contributed by atoms with Gasteiger partial charge in [0.25, 0.3) is 5.91 Å². The van der Waals surface area contributed by atoms with E-state index in [9.17, 15) is 22.8 Å². The van der Waals surface area contributed by atoms with Gasteiger partial charge in [0.1, 0.15) is 0 Å². The molecular formula is C24H20ClF3N4O3. The first kappa shape index (κ1) is 24.4. The van der Waals surface area contributed by atoms with Crippen LogP contribution in [0.5, 0.6) is 0 Å².